The van der Waals surface area contributed by atoms with E-state index in [1.54, 1.807) is 0 Å². The Bertz CT molecular complexity index is 936. The van der Waals surface area contributed by atoms with E-state index in [4.69, 9.17) is 21.1 Å². The molecule has 0 unspecified atom stereocenters. The van der Waals surface area contributed by atoms with Crippen LogP contribution in [0.15, 0.2) is 46.6 Å². The zero-order valence-corrected chi connectivity index (χ0v) is 14.8. The van der Waals surface area contributed by atoms with Crippen LogP contribution < -0.4 is 14.8 Å². The van der Waals surface area contributed by atoms with Gasteiger partial charge in [-0.25, -0.2) is 0 Å². The average Bonchev–Trinajstić information content (AvgIpc) is 3.03. The van der Waals surface area contributed by atoms with E-state index in [-0.39, 0.29) is 18.6 Å². The van der Waals surface area contributed by atoms with Crippen LogP contribution in [0.3, 0.4) is 0 Å². The summed E-state index contributed by atoms with van der Waals surface area (Å²) >= 11 is 5.52. The largest absolute Gasteiger partial charge is 0.454 e. The third-order valence-electron chi connectivity index (χ3n) is 4.18. The van der Waals surface area contributed by atoms with Gasteiger partial charge in [0.05, 0.1) is 0 Å². The number of halogens is 1. The van der Waals surface area contributed by atoms with Crippen LogP contribution >= 0.6 is 11.6 Å². The molecule has 0 saturated heterocycles. The van der Waals surface area contributed by atoms with E-state index in [9.17, 15) is 4.79 Å². The molecule has 2 aliphatic rings. The Morgan fingerprint density at radius 3 is 2.62 bits per heavy atom. The molecule has 0 atom stereocenters. The fourth-order valence-corrected chi connectivity index (χ4v) is 3.04. The smallest absolute Gasteiger partial charge is 0.239 e. The number of alkyl halides is 1. The Labute approximate surface area is 155 Å². The molecule has 2 aromatic carbocycles. The molecule has 0 aromatic heterocycles. The van der Waals surface area contributed by atoms with Crippen LogP contribution in [0, 0.1) is 0 Å². The quantitative estimate of drug-likeness (QED) is 0.843. The summed E-state index contributed by atoms with van der Waals surface area (Å²) in [5, 5.41) is 11.5. The molecule has 1 amide bonds. The van der Waals surface area contributed by atoms with E-state index >= 15 is 0 Å². The fraction of sp³-hybridized carbons (Fsp3) is 0.211. The summed E-state index contributed by atoms with van der Waals surface area (Å²) in [5.74, 6) is 1.13. The molecule has 132 valence electrons. The van der Waals surface area contributed by atoms with Gasteiger partial charge >= 0.3 is 0 Å². The summed E-state index contributed by atoms with van der Waals surface area (Å²) in [4.78, 5) is 11.4. The van der Waals surface area contributed by atoms with Gasteiger partial charge < -0.3 is 14.8 Å². The lowest BCUT2D eigenvalue weighted by Gasteiger charge is -2.11. The topological polar surface area (TPSA) is 72.3 Å². The van der Waals surface area contributed by atoms with E-state index in [1.807, 2.05) is 43.3 Å². The summed E-state index contributed by atoms with van der Waals surface area (Å²) in [7, 11) is 0. The molecule has 0 radical (unpaired) electrons. The van der Waals surface area contributed by atoms with E-state index in [0.29, 0.717) is 17.9 Å². The van der Waals surface area contributed by atoms with Gasteiger partial charge in [-0.1, -0.05) is 12.1 Å². The first-order valence-electron chi connectivity index (χ1n) is 8.14. The third-order valence-corrected chi connectivity index (χ3v) is 4.43. The first kappa shape index (κ1) is 16.6. The van der Waals surface area contributed by atoms with Crippen molar-refractivity contribution in [3.8, 4) is 11.5 Å². The molecule has 0 saturated carbocycles. The van der Waals surface area contributed by atoms with Crippen LogP contribution in [-0.2, 0) is 11.2 Å². The number of fused-ring (bicyclic) bond motifs is 2. The van der Waals surface area contributed by atoms with E-state index in [1.165, 1.54) is 0 Å². The van der Waals surface area contributed by atoms with Crippen LogP contribution in [0.2, 0.25) is 0 Å². The lowest BCUT2D eigenvalue weighted by atomic mass is 9.94. The van der Waals surface area contributed by atoms with Gasteiger partial charge in [-0.3, -0.25) is 4.79 Å². The minimum absolute atomic E-state index is 0.0803. The number of ether oxygens (including phenoxy) is 2. The number of hydrogen-bond acceptors (Lipinski definition) is 5. The molecule has 2 aliphatic heterocycles. The number of benzene rings is 2. The molecule has 1 N–H and O–H groups in total. The summed E-state index contributed by atoms with van der Waals surface area (Å²) in [6, 6.07) is 11.4. The number of carbonyl (C=O) groups is 1. The molecule has 26 heavy (non-hydrogen) atoms. The number of rotatable bonds is 3. The van der Waals surface area contributed by atoms with Gasteiger partial charge in [0.1, 0.15) is 11.6 Å². The number of carbonyl (C=O) groups excluding carboxylic acids is 1. The van der Waals surface area contributed by atoms with Crippen molar-refractivity contribution in [1.29, 1.82) is 0 Å². The number of amides is 1. The predicted octanol–water partition coefficient (Wildman–Crippen LogP) is 3.36. The van der Waals surface area contributed by atoms with Gasteiger partial charge in [0.15, 0.2) is 11.5 Å². The van der Waals surface area contributed by atoms with Crippen molar-refractivity contribution in [2.45, 2.75) is 13.3 Å². The third kappa shape index (κ3) is 3.15. The van der Waals surface area contributed by atoms with Gasteiger partial charge in [0.25, 0.3) is 0 Å². The summed E-state index contributed by atoms with van der Waals surface area (Å²) in [6.45, 7) is 2.18. The van der Waals surface area contributed by atoms with Gasteiger partial charge in [0, 0.05) is 28.9 Å². The van der Waals surface area contributed by atoms with Crippen molar-refractivity contribution >= 4 is 34.6 Å². The van der Waals surface area contributed by atoms with E-state index in [2.05, 4.69) is 15.5 Å². The highest BCUT2D eigenvalue weighted by Gasteiger charge is 2.22. The Morgan fingerprint density at radius 1 is 1.15 bits per heavy atom. The zero-order chi connectivity index (χ0) is 18.1. The summed E-state index contributed by atoms with van der Waals surface area (Å²) in [6.07, 6.45) is 0.697. The maximum absolute atomic E-state index is 11.4. The fourth-order valence-electron chi connectivity index (χ4n) is 2.97. The van der Waals surface area contributed by atoms with E-state index < -0.39 is 0 Å². The summed E-state index contributed by atoms with van der Waals surface area (Å²) in [5.41, 5.74) is 5.31. The highest BCUT2D eigenvalue weighted by Crippen LogP contribution is 2.36. The predicted molar refractivity (Wildman–Crippen MR) is 101 cm³/mol. The second-order valence-electron chi connectivity index (χ2n) is 6.08. The van der Waals surface area contributed by atoms with Crippen LogP contribution in [-0.4, -0.2) is 30.0 Å². The molecular weight excluding hydrogens is 354 g/mol. The molecule has 4 rings (SSSR count). The number of hydrogen-bond donors (Lipinski definition) is 1. The molecule has 2 aromatic rings. The van der Waals surface area contributed by atoms with E-state index in [0.717, 1.165) is 33.9 Å². The molecule has 0 bridgehead atoms. The Morgan fingerprint density at radius 2 is 1.88 bits per heavy atom. The minimum atomic E-state index is -0.246. The SMILES string of the molecule is CC1=NN=C(c2ccc(NC(=O)CCl)cc2)c2cc3c(cc2C1)OCO3. The maximum Gasteiger partial charge on any atom is 0.239 e. The number of anilines is 1. The highest BCUT2D eigenvalue weighted by atomic mass is 35.5. The Hall–Kier alpha value is -2.86. The van der Waals surface area contributed by atoms with Crippen LogP contribution in [0.4, 0.5) is 5.69 Å². The van der Waals surface area contributed by atoms with Gasteiger partial charge in [0.2, 0.25) is 12.7 Å². The van der Waals surface area contributed by atoms with Crippen LogP contribution in [0.1, 0.15) is 23.6 Å². The Balaban J connectivity index is 1.73. The molecule has 6 nitrogen and oxygen atoms in total. The molecule has 2 heterocycles. The second kappa shape index (κ2) is 6.80. The van der Waals surface area contributed by atoms with Crippen molar-refractivity contribution in [3.05, 3.63) is 53.1 Å². The molecular formula is C19H16ClN3O3. The minimum Gasteiger partial charge on any atom is -0.454 e. The van der Waals surface area contributed by atoms with Crippen LogP contribution in [0.25, 0.3) is 0 Å². The normalized spacial score (nSPS) is 14.8. The van der Waals surface area contributed by atoms with Gasteiger partial charge in [-0.2, -0.15) is 5.10 Å². The monoisotopic (exact) mass is 369 g/mol. The molecule has 7 heteroatoms. The van der Waals surface area contributed by atoms with Crippen molar-refractivity contribution in [2.75, 3.05) is 18.0 Å². The zero-order valence-electron chi connectivity index (χ0n) is 14.1. The maximum atomic E-state index is 11.4. The molecule has 0 aliphatic carbocycles. The molecule has 0 spiro atoms. The second-order valence-corrected chi connectivity index (χ2v) is 6.35. The summed E-state index contributed by atoms with van der Waals surface area (Å²) < 4.78 is 11.0. The number of nitrogens with zero attached hydrogens (tertiary/aromatic N) is 2. The van der Waals surface area contributed by atoms with Gasteiger partial charge in [-0.05, 0) is 36.8 Å². The first-order valence-corrected chi connectivity index (χ1v) is 8.68. The van der Waals surface area contributed by atoms with Crippen molar-refractivity contribution in [3.63, 3.8) is 0 Å². The van der Waals surface area contributed by atoms with Crippen molar-refractivity contribution in [1.82, 2.24) is 0 Å². The average molecular weight is 370 g/mol. The van der Waals surface area contributed by atoms with Crippen molar-refractivity contribution < 1.29 is 14.3 Å². The first-order chi connectivity index (χ1) is 12.6. The number of nitrogens with one attached hydrogen (secondary N) is 1. The highest BCUT2D eigenvalue weighted by molar-refractivity contribution is 6.29. The Kier molecular flexibility index (Phi) is 4.34. The lowest BCUT2D eigenvalue weighted by molar-refractivity contribution is -0.113. The van der Waals surface area contributed by atoms with Gasteiger partial charge in [-0.15, -0.1) is 16.7 Å². The lowest BCUT2D eigenvalue weighted by Crippen LogP contribution is -2.12. The standard InChI is InChI=1S/C19H16ClN3O3/c1-11-6-13-7-16-17(26-10-25-16)8-15(13)19(23-22-11)12-2-4-14(5-3-12)21-18(24)9-20/h2-5,7-8H,6,9-10H2,1H3,(H,21,24). The van der Waals surface area contributed by atoms with Crippen molar-refractivity contribution in [2.24, 2.45) is 10.2 Å². The molecule has 0 fully saturated rings. The van der Waals surface area contributed by atoms with Crippen LogP contribution in [0.5, 0.6) is 11.5 Å².